The molecule has 1 heterocycles. The van der Waals surface area contributed by atoms with Gasteiger partial charge in [-0.15, -0.1) is 0 Å². The highest BCUT2D eigenvalue weighted by molar-refractivity contribution is 5.45. The third-order valence-corrected chi connectivity index (χ3v) is 2.92. The lowest BCUT2D eigenvalue weighted by molar-refractivity contribution is 0.468. The topological polar surface area (TPSA) is 66.5 Å². The molecule has 1 N–H and O–H groups in total. The number of rotatable bonds is 6. The van der Waals surface area contributed by atoms with Gasteiger partial charge in [-0.25, -0.2) is 9.67 Å². The Morgan fingerprint density at radius 1 is 1.30 bits per heavy atom. The molecule has 2 rings (SSSR count). The molecular formula is C15H19N5. The molecular weight excluding hydrogens is 250 g/mol. The number of hydrogen-bond donors (Lipinski definition) is 1. The van der Waals surface area contributed by atoms with E-state index in [0.717, 1.165) is 23.6 Å². The van der Waals surface area contributed by atoms with Gasteiger partial charge in [0.15, 0.2) is 0 Å². The molecule has 5 nitrogen and oxygen atoms in total. The molecule has 20 heavy (non-hydrogen) atoms. The molecule has 1 aromatic carbocycles. The number of benzene rings is 1. The smallest absolute Gasteiger partial charge is 0.146 e. The van der Waals surface area contributed by atoms with Crippen molar-refractivity contribution in [2.75, 3.05) is 5.32 Å². The lowest BCUT2D eigenvalue weighted by Crippen LogP contribution is -2.13. The number of hydrogen-bond acceptors (Lipinski definition) is 4. The largest absolute Gasteiger partial charge is 0.378 e. The van der Waals surface area contributed by atoms with Crippen LogP contribution in [0.4, 0.5) is 5.69 Å². The average molecular weight is 269 g/mol. The van der Waals surface area contributed by atoms with E-state index in [2.05, 4.69) is 35.3 Å². The highest BCUT2D eigenvalue weighted by atomic mass is 15.3. The summed E-state index contributed by atoms with van der Waals surface area (Å²) in [5, 5.41) is 16.2. The van der Waals surface area contributed by atoms with Gasteiger partial charge < -0.3 is 5.32 Å². The molecule has 1 aromatic heterocycles. The van der Waals surface area contributed by atoms with Crippen molar-refractivity contribution in [3.63, 3.8) is 0 Å². The van der Waals surface area contributed by atoms with E-state index >= 15 is 0 Å². The fourth-order valence-corrected chi connectivity index (χ4v) is 1.94. The number of nitrogens with zero attached hydrogens (tertiary/aromatic N) is 4. The molecule has 0 saturated carbocycles. The number of aromatic nitrogens is 3. The molecule has 0 bridgehead atoms. The number of anilines is 1. The monoisotopic (exact) mass is 269 g/mol. The van der Waals surface area contributed by atoms with Gasteiger partial charge in [0, 0.05) is 12.2 Å². The molecule has 104 valence electrons. The van der Waals surface area contributed by atoms with Crippen LogP contribution in [0.25, 0.3) is 0 Å². The molecule has 0 radical (unpaired) electrons. The van der Waals surface area contributed by atoms with E-state index in [-0.39, 0.29) is 0 Å². The van der Waals surface area contributed by atoms with Gasteiger partial charge in [0.05, 0.1) is 19.0 Å². The van der Waals surface area contributed by atoms with E-state index in [1.54, 1.807) is 6.33 Å². The lowest BCUT2D eigenvalue weighted by atomic mass is 10.1. The molecule has 0 unspecified atom stereocenters. The maximum atomic E-state index is 8.64. The Morgan fingerprint density at radius 3 is 2.70 bits per heavy atom. The van der Waals surface area contributed by atoms with Crippen LogP contribution >= 0.6 is 0 Å². The van der Waals surface area contributed by atoms with Crippen molar-refractivity contribution in [3.8, 4) is 6.07 Å². The Morgan fingerprint density at radius 2 is 2.05 bits per heavy atom. The Hall–Kier alpha value is -2.35. The first-order valence-electron chi connectivity index (χ1n) is 6.75. The van der Waals surface area contributed by atoms with Crippen LogP contribution in [0.3, 0.4) is 0 Å². The maximum absolute atomic E-state index is 8.64. The number of nitriles is 1. The van der Waals surface area contributed by atoms with Gasteiger partial charge in [-0.3, -0.25) is 0 Å². The first-order valence-corrected chi connectivity index (χ1v) is 6.75. The van der Waals surface area contributed by atoms with Crippen molar-refractivity contribution in [1.29, 1.82) is 5.26 Å². The molecule has 0 atom stereocenters. The van der Waals surface area contributed by atoms with Gasteiger partial charge in [0.25, 0.3) is 0 Å². The van der Waals surface area contributed by atoms with Crippen molar-refractivity contribution in [2.24, 2.45) is 5.92 Å². The highest BCUT2D eigenvalue weighted by Gasteiger charge is 2.05. The van der Waals surface area contributed by atoms with Crippen LogP contribution in [-0.2, 0) is 19.5 Å². The van der Waals surface area contributed by atoms with Gasteiger partial charge in [-0.1, -0.05) is 26.0 Å². The zero-order chi connectivity index (χ0) is 14.4. The molecule has 0 aliphatic rings. The standard InChI is InChI=1S/C15H19N5/c1-12(2)10-20-15(18-11-19-20)9-17-14-5-3-13(4-6-14)7-8-16/h3-6,11-12,17H,7,9-10H2,1-2H3. The quantitative estimate of drug-likeness (QED) is 0.875. The Kier molecular flexibility index (Phi) is 4.72. The van der Waals surface area contributed by atoms with E-state index in [0.29, 0.717) is 18.9 Å². The predicted octanol–water partition coefficient (Wildman–Crippen LogP) is 2.61. The summed E-state index contributed by atoms with van der Waals surface area (Å²) in [4.78, 5) is 4.28. The maximum Gasteiger partial charge on any atom is 0.146 e. The number of nitrogens with one attached hydrogen (secondary N) is 1. The van der Waals surface area contributed by atoms with E-state index < -0.39 is 0 Å². The second-order valence-corrected chi connectivity index (χ2v) is 5.14. The van der Waals surface area contributed by atoms with Crippen LogP contribution < -0.4 is 5.32 Å². The van der Waals surface area contributed by atoms with E-state index in [9.17, 15) is 0 Å². The first-order chi connectivity index (χ1) is 9.69. The Labute approximate surface area is 119 Å². The zero-order valence-electron chi connectivity index (χ0n) is 11.9. The van der Waals surface area contributed by atoms with E-state index in [1.807, 2.05) is 28.9 Å². The highest BCUT2D eigenvalue weighted by Crippen LogP contribution is 2.11. The van der Waals surface area contributed by atoms with Crippen LogP contribution in [-0.4, -0.2) is 14.8 Å². The Bertz CT molecular complexity index is 577. The van der Waals surface area contributed by atoms with E-state index in [1.165, 1.54) is 0 Å². The Balaban J connectivity index is 1.95. The molecule has 0 aliphatic carbocycles. The minimum atomic E-state index is 0.447. The van der Waals surface area contributed by atoms with Crippen LogP contribution in [0.15, 0.2) is 30.6 Å². The summed E-state index contributed by atoms with van der Waals surface area (Å²) in [6.45, 7) is 5.84. The molecule has 5 heteroatoms. The van der Waals surface area contributed by atoms with Crippen molar-refractivity contribution >= 4 is 5.69 Å². The summed E-state index contributed by atoms with van der Waals surface area (Å²) in [5.74, 6) is 1.47. The van der Waals surface area contributed by atoms with Crippen LogP contribution in [0.5, 0.6) is 0 Å². The summed E-state index contributed by atoms with van der Waals surface area (Å²) in [5.41, 5.74) is 2.05. The predicted molar refractivity (Wildman–Crippen MR) is 77.9 cm³/mol. The lowest BCUT2D eigenvalue weighted by Gasteiger charge is -2.10. The second kappa shape index (κ2) is 6.71. The van der Waals surface area contributed by atoms with Crippen molar-refractivity contribution < 1.29 is 0 Å². The van der Waals surface area contributed by atoms with Crippen molar-refractivity contribution in [3.05, 3.63) is 42.0 Å². The summed E-state index contributed by atoms with van der Waals surface area (Å²) < 4.78 is 1.93. The third-order valence-electron chi connectivity index (χ3n) is 2.92. The minimum Gasteiger partial charge on any atom is -0.378 e. The van der Waals surface area contributed by atoms with Crippen LogP contribution in [0, 0.1) is 17.2 Å². The summed E-state index contributed by atoms with van der Waals surface area (Å²) in [6, 6.07) is 10.0. The molecule has 0 saturated heterocycles. The molecule has 2 aromatic rings. The molecule has 0 amide bonds. The van der Waals surface area contributed by atoms with Crippen LogP contribution in [0.2, 0.25) is 0 Å². The van der Waals surface area contributed by atoms with Gasteiger partial charge >= 0.3 is 0 Å². The van der Waals surface area contributed by atoms with Gasteiger partial charge in [0.1, 0.15) is 12.2 Å². The third kappa shape index (κ3) is 3.82. The fraction of sp³-hybridized carbons (Fsp3) is 0.400. The first kappa shape index (κ1) is 14.1. The zero-order valence-corrected chi connectivity index (χ0v) is 11.9. The van der Waals surface area contributed by atoms with Crippen molar-refractivity contribution in [1.82, 2.24) is 14.8 Å². The SMILES string of the molecule is CC(C)Cn1ncnc1CNc1ccc(CC#N)cc1. The van der Waals surface area contributed by atoms with Gasteiger partial charge in [0.2, 0.25) is 0 Å². The second-order valence-electron chi connectivity index (χ2n) is 5.14. The van der Waals surface area contributed by atoms with Crippen molar-refractivity contribution in [2.45, 2.75) is 33.4 Å². The summed E-state index contributed by atoms with van der Waals surface area (Å²) in [7, 11) is 0. The fourth-order valence-electron chi connectivity index (χ4n) is 1.94. The minimum absolute atomic E-state index is 0.447. The molecule has 0 fully saturated rings. The molecule has 0 spiro atoms. The normalized spacial score (nSPS) is 10.5. The summed E-state index contributed by atoms with van der Waals surface area (Å²) in [6.07, 6.45) is 2.04. The summed E-state index contributed by atoms with van der Waals surface area (Å²) >= 11 is 0. The average Bonchev–Trinajstić information content (AvgIpc) is 2.85. The van der Waals surface area contributed by atoms with Gasteiger partial charge in [-0.05, 0) is 23.6 Å². The van der Waals surface area contributed by atoms with Crippen LogP contribution in [0.1, 0.15) is 25.2 Å². The van der Waals surface area contributed by atoms with E-state index in [4.69, 9.17) is 5.26 Å². The molecule has 0 aliphatic heterocycles. The van der Waals surface area contributed by atoms with Gasteiger partial charge in [-0.2, -0.15) is 10.4 Å².